The number of fused-ring (bicyclic) bond motifs is 5. The fourth-order valence-corrected chi connectivity index (χ4v) is 7.19. The number of aromatic hydroxyl groups is 2. The number of rotatable bonds is 1. The van der Waals surface area contributed by atoms with Gasteiger partial charge in [-0.25, -0.2) is 0 Å². The normalized spacial score (nSPS) is 31.5. The second-order valence-electron chi connectivity index (χ2n) is 10.7. The van der Waals surface area contributed by atoms with Crippen LogP contribution in [0.2, 0.25) is 0 Å². The molecule has 2 aromatic carbocycles. The topological polar surface area (TPSA) is 77.8 Å². The molecule has 2 aromatic rings. The van der Waals surface area contributed by atoms with Crippen molar-refractivity contribution in [3.63, 3.8) is 0 Å². The smallest absolute Gasteiger partial charge is 0.178 e. The summed E-state index contributed by atoms with van der Waals surface area (Å²) in [5, 5.41) is 21.8. The SMILES string of the molecule is O=C1C=CC2C(=C1)C1=C[C@]3(c4cccc(O)c4)c4c(O)cccc4C[C@@H]3N(CCC3=CC(=O)C2C=C3)C1. The van der Waals surface area contributed by atoms with Crippen molar-refractivity contribution in [1.29, 1.82) is 0 Å². The number of hydrogen-bond donors (Lipinski definition) is 2. The third kappa shape index (κ3) is 3.27. The lowest BCUT2D eigenvalue weighted by Gasteiger charge is -2.47. The molecule has 3 aliphatic heterocycles. The quantitative estimate of drug-likeness (QED) is 0.624. The van der Waals surface area contributed by atoms with E-state index in [0.29, 0.717) is 6.54 Å². The van der Waals surface area contributed by atoms with Gasteiger partial charge in [0.15, 0.2) is 11.6 Å². The van der Waals surface area contributed by atoms with Gasteiger partial charge < -0.3 is 10.2 Å². The molecule has 4 bridgehead atoms. The average molecular weight is 490 g/mol. The Kier molecular flexibility index (Phi) is 4.82. The number of phenols is 2. The highest BCUT2D eigenvalue weighted by atomic mass is 16.3. The summed E-state index contributed by atoms with van der Waals surface area (Å²) < 4.78 is 0. The van der Waals surface area contributed by atoms with Gasteiger partial charge in [-0.15, -0.1) is 0 Å². The molecule has 37 heavy (non-hydrogen) atoms. The van der Waals surface area contributed by atoms with Crippen LogP contribution in [0.5, 0.6) is 11.5 Å². The van der Waals surface area contributed by atoms with Crippen LogP contribution in [0.3, 0.4) is 0 Å². The lowest BCUT2D eigenvalue weighted by atomic mass is 9.66. The minimum Gasteiger partial charge on any atom is -0.508 e. The van der Waals surface area contributed by atoms with Crippen LogP contribution in [0.15, 0.2) is 102 Å². The van der Waals surface area contributed by atoms with Crippen LogP contribution in [0.25, 0.3) is 0 Å². The number of benzene rings is 2. The number of nitrogens with zero attached hydrogens (tertiary/aromatic N) is 1. The van der Waals surface area contributed by atoms with Crippen LogP contribution in [-0.2, 0) is 21.4 Å². The van der Waals surface area contributed by atoms with E-state index in [1.807, 2.05) is 30.4 Å². The Bertz CT molecular complexity index is 1520. The Labute approximate surface area is 215 Å². The van der Waals surface area contributed by atoms with Crippen LogP contribution >= 0.6 is 0 Å². The molecule has 2 N–H and O–H groups in total. The summed E-state index contributed by atoms with van der Waals surface area (Å²) in [6, 6.07) is 13.0. The molecular formula is C32H27NO4. The first-order valence-electron chi connectivity index (χ1n) is 12.9. The third-order valence-electron chi connectivity index (χ3n) is 8.77. The van der Waals surface area contributed by atoms with Gasteiger partial charge >= 0.3 is 0 Å². The van der Waals surface area contributed by atoms with Gasteiger partial charge in [-0.2, -0.15) is 0 Å². The summed E-state index contributed by atoms with van der Waals surface area (Å²) in [6.07, 6.45) is 14.7. The van der Waals surface area contributed by atoms with E-state index in [-0.39, 0.29) is 40.9 Å². The monoisotopic (exact) mass is 489 g/mol. The first kappa shape index (κ1) is 22.3. The number of hydrogen-bond acceptors (Lipinski definition) is 5. The molecule has 6 aliphatic rings. The minimum atomic E-state index is -0.721. The predicted molar refractivity (Wildman–Crippen MR) is 140 cm³/mol. The molecule has 3 unspecified atom stereocenters. The van der Waals surface area contributed by atoms with Gasteiger partial charge in [0.05, 0.1) is 11.3 Å². The van der Waals surface area contributed by atoms with Crippen LogP contribution in [0.4, 0.5) is 0 Å². The van der Waals surface area contributed by atoms with Gasteiger partial charge in [0.1, 0.15) is 11.5 Å². The Morgan fingerprint density at radius 3 is 2.62 bits per heavy atom. The molecule has 3 heterocycles. The fraction of sp³-hybridized carbons (Fsp3) is 0.250. The first-order valence-corrected chi connectivity index (χ1v) is 12.9. The second kappa shape index (κ2) is 8.02. The van der Waals surface area contributed by atoms with Crippen molar-refractivity contribution in [2.75, 3.05) is 13.1 Å². The van der Waals surface area contributed by atoms with Gasteiger partial charge in [0.2, 0.25) is 0 Å². The number of carbonyl (C=O) groups excluding carboxylic acids is 2. The molecule has 3 aliphatic carbocycles. The highest BCUT2D eigenvalue weighted by Crippen LogP contribution is 2.55. The molecule has 0 saturated heterocycles. The Morgan fingerprint density at radius 1 is 0.946 bits per heavy atom. The summed E-state index contributed by atoms with van der Waals surface area (Å²) in [5.74, 6) is -0.204. The minimum absolute atomic E-state index is 0.00784. The first-order chi connectivity index (χ1) is 17.9. The molecule has 0 spiro atoms. The van der Waals surface area contributed by atoms with Crippen LogP contribution in [-0.4, -0.2) is 45.8 Å². The largest absolute Gasteiger partial charge is 0.508 e. The van der Waals surface area contributed by atoms with Crippen molar-refractivity contribution >= 4 is 11.6 Å². The van der Waals surface area contributed by atoms with Crippen LogP contribution in [0.1, 0.15) is 23.1 Å². The van der Waals surface area contributed by atoms with E-state index >= 15 is 0 Å². The molecule has 0 fully saturated rings. The van der Waals surface area contributed by atoms with E-state index in [4.69, 9.17) is 0 Å². The van der Waals surface area contributed by atoms with Crippen molar-refractivity contribution in [3.8, 4) is 11.5 Å². The molecule has 5 nitrogen and oxygen atoms in total. The molecular weight excluding hydrogens is 462 g/mol. The van der Waals surface area contributed by atoms with E-state index in [1.54, 1.807) is 36.4 Å². The maximum Gasteiger partial charge on any atom is 0.178 e. The molecule has 0 amide bonds. The zero-order valence-corrected chi connectivity index (χ0v) is 20.3. The van der Waals surface area contributed by atoms with E-state index in [1.165, 1.54) is 0 Å². The average Bonchev–Trinajstić information content (AvgIpc) is 3.23. The molecule has 5 heteroatoms. The number of phenolic OH excluding ortho intramolecular Hbond substituents is 2. The van der Waals surface area contributed by atoms with E-state index < -0.39 is 5.41 Å². The third-order valence-corrected chi connectivity index (χ3v) is 8.77. The van der Waals surface area contributed by atoms with Crippen molar-refractivity contribution in [2.24, 2.45) is 11.8 Å². The highest BCUT2D eigenvalue weighted by Gasteiger charge is 2.53. The fourth-order valence-electron chi connectivity index (χ4n) is 7.19. The summed E-state index contributed by atoms with van der Waals surface area (Å²) >= 11 is 0. The van der Waals surface area contributed by atoms with Crippen LogP contribution in [0, 0.1) is 11.8 Å². The molecule has 0 saturated carbocycles. The summed E-state index contributed by atoms with van der Waals surface area (Å²) in [4.78, 5) is 28.3. The highest BCUT2D eigenvalue weighted by molar-refractivity contribution is 6.03. The summed E-state index contributed by atoms with van der Waals surface area (Å²) in [7, 11) is 0. The van der Waals surface area contributed by atoms with E-state index in [9.17, 15) is 19.8 Å². The lowest BCUT2D eigenvalue weighted by Crippen LogP contribution is -2.53. The Hall–Kier alpha value is -3.96. The lowest BCUT2D eigenvalue weighted by molar-refractivity contribution is -0.118. The predicted octanol–water partition coefficient (Wildman–Crippen LogP) is 4.32. The Morgan fingerprint density at radius 2 is 1.78 bits per heavy atom. The second-order valence-corrected chi connectivity index (χ2v) is 10.7. The maximum atomic E-state index is 13.2. The standard InChI is InChI=1S/C32H27NO4/c34-23-5-2-4-22(15-23)32-17-21-18-33(30(32)14-20-3-1-6-28(36)31(20)32)12-11-19-7-9-26(29(37)13-19)25-10-8-24(35)16-27(21)25/h1-10,13,15-17,25-26,30,34,36H,11-12,14,18H2/t25?,26?,30-,32+/m0/s1. The van der Waals surface area contributed by atoms with Crippen molar-refractivity contribution < 1.29 is 19.8 Å². The van der Waals surface area contributed by atoms with E-state index in [0.717, 1.165) is 52.8 Å². The molecule has 0 radical (unpaired) electrons. The van der Waals surface area contributed by atoms with Gasteiger partial charge in [0, 0.05) is 30.6 Å². The van der Waals surface area contributed by atoms with Crippen molar-refractivity contribution in [2.45, 2.75) is 24.3 Å². The Balaban J connectivity index is 1.52. The zero-order chi connectivity index (χ0) is 25.3. The maximum absolute atomic E-state index is 13.2. The van der Waals surface area contributed by atoms with Gasteiger partial charge in [-0.3, -0.25) is 14.5 Å². The molecule has 5 atom stereocenters. The molecule has 184 valence electrons. The van der Waals surface area contributed by atoms with Gasteiger partial charge in [0.25, 0.3) is 0 Å². The van der Waals surface area contributed by atoms with Crippen LogP contribution < -0.4 is 0 Å². The number of allylic oxidation sites excluding steroid dienone is 6. The van der Waals surface area contributed by atoms with Crippen molar-refractivity contribution in [3.05, 3.63) is 118 Å². The molecule has 8 rings (SSSR count). The summed E-state index contributed by atoms with van der Waals surface area (Å²) in [6.45, 7) is 1.38. The molecule has 0 aromatic heterocycles. The zero-order valence-electron chi connectivity index (χ0n) is 20.3. The number of ketones is 2. The van der Waals surface area contributed by atoms with E-state index in [2.05, 4.69) is 23.1 Å². The van der Waals surface area contributed by atoms with Crippen molar-refractivity contribution in [1.82, 2.24) is 4.90 Å². The van der Waals surface area contributed by atoms with Gasteiger partial charge in [-0.1, -0.05) is 48.6 Å². The number of carbonyl (C=O) groups is 2. The van der Waals surface area contributed by atoms with Gasteiger partial charge in [-0.05, 0) is 77.1 Å². The summed E-state index contributed by atoms with van der Waals surface area (Å²) in [5.41, 5.74) is 5.00.